The number of rotatable bonds is 3. The van der Waals surface area contributed by atoms with Crippen molar-refractivity contribution in [3.8, 4) is 0 Å². The van der Waals surface area contributed by atoms with Crippen LogP contribution in [0.15, 0.2) is 0 Å². The summed E-state index contributed by atoms with van der Waals surface area (Å²) in [7, 11) is 1.89. The molecule has 1 heterocycles. The predicted octanol–water partition coefficient (Wildman–Crippen LogP) is 1.14. The SMILES string of the molecule is CCc1nn(C)c(NC2CC(O)C2(C)C)c1N. The number of hydrogen-bond acceptors (Lipinski definition) is 4. The topological polar surface area (TPSA) is 76.1 Å². The van der Waals surface area contributed by atoms with Gasteiger partial charge in [-0.1, -0.05) is 20.8 Å². The maximum atomic E-state index is 9.72. The highest BCUT2D eigenvalue weighted by Crippen LogP contribution is 2.42. The lowest BCUT2D eigenvalue weighted by Gasteiger charge is -2.49. The summed E-state index contributed by atoms with van der Waals surface area (Å²) in [6.45, 7) is 6.16. The standard InChI is InChI=1S/C12H22N4O/c1-5-7-10(13)11(16(4)15-7)14-8-6-9(17)12(8,2)3/h8-9,14,17H,5-6,13H2,1-4H3. The second-order valence-electron chi connectivity index (χ2n) is 5.46. The molecule has 17 heavy (non-hydrogen) atoms. The molecule has 0 aromatic carbocycles. The van der Waals surface area contributed by atoms with Crippen LogP contribution in [0.25, 0.3) is 0 Å². The van der Waals surface area contributed by atoms with E-state index in [2.05, 4.69) is 24.3 Å². The van der Waals surface area contributed by atoms with E-state index in [4.69, 9.17) is 5.73 Å². The number of aromatic nitrogens is 2. The summed E-state index contributed by atoms with van der Waals surface area (Å²) in [6, 6.07) is 0.250. The summed E-state index contributed by atoms with van der Waals surface area (Å²) < 4.78 is 1.79. The minimum atomic E-state index is -0.236. The number of aliphatic hydroxyl groups is 1. The first kappa shape index (κ1) is 12.2. The van der Waals surface area contributed by atoms with Crippen LogP contribution >= 0.6 is 0 Å². The van der Waals surface area contributed by atoms with E-state index in [0.717, 1.165) is 30.0 Å². The Hall–Kier alpha value is -1.23. The van der Waals surface area contributed by atoms with Crippen molar-refractivity contribution in [2.45, 2.75) is 45.8 Å². The number of nitrogens with two attached hydrogens (primary N) is 1. The first-order valence-corrected chi connectivity index (χ1v) is 6.13. The van der Waals surface area contributed by atoms with E-state index in [9.17, 15) is 5.11 Å². The third-order valence-corrected chi connectivity index (χ3v) is 4.02. The van der Waals surface area contributed by atoms with Crippen LogP contribution in [0.2, 0.25) is 0 Å². The highest BCUT2D eigenvalue weighted by Gasteiger charge is 2.47. The predicted molar refractivity (Wildman–Crippen MR) is 68.8 cm³/mol. The average molecular weight is 238 g/mol. The van der Waals surface area contributed by atoms with Crippen LogP contribution in [0.3, 0.4) is 0 Å². The monoisotopic (exact) mass is 238 g/mol. The molecule has 1 aliphatic carbocycles. The Morgan fingerprint density at radius 3 is 2.65 bits per heavy atom. The second kappa shape index (κ2) is 3.91. The van der Waals surface area contributed by atoms with E-state index in [-0.39, 0.29) is 17.6 Å². The Morgan fingerprint density at radius 1 is 1.59 bits per heavy atom. The fraction of sp³-hybridized carbons (Fsp3) is 0.750. The molecule has 0 radical (unpaired) electrons. The van der Waals surface area contributed by atoms with Gasteiger partial charge in [0.2, 0.25) is 0 Å². The number of nitrogens with one attached hydrogen (secondary N) is 1. The zero-order valence-electron chi connectivity index (χ0n) is 11.0. The average Bonchev–Trinajstić information content (AvgIpc) is 2.55. The molecule has 2 atom stereocenters. The van der Waals surface area contributed by atoms with Crippen molar-refractivity contribution < 1.29 is 5.11 Å². The Labute approximate surface area is 102 Å². The van der Waals surface area contributed by atoms with E-state index >= 15 is 0 Å². The van der Waals surface area contributed by atoms with Gasteiger partial charge in [-0.2, -0.15) is 5.10 Å². The van der Waals surface area contributed by atoms with E-state index < -0.39 is 0 Å². The van der Waals surface area contributed by atoms with Gasteiger partial charge in [-0.05, 0) is 12.8 Å². The van der Waals surface area contributed by atoms with Gasteiger partial charge >= 0.3 is 0 Å². The second-order valence-corrected chi connectivity index (χ2v) is 5.46. The van der Waals surface area contributed by atoms with Gasteiger partial charge in [0, 0.05) is 18.5 Å². The summed E-state index contributed by atoms with van der Waals surface area (Å²) in [4.78, 5) is 0. The maximum Gasteiger partial charge on any atom is 0.148 e. The quantitative estimate of drug-likeness (QED) is 0.738. The van der Waals surface area contributed by atoms with Gasteiger partial charge in [-0.15, -0.1) is 0 Å². The lowest BCUT2D eigenvalue weighted by Crippen LogP contribution is -2.57. The zero-order chi connectivity index (χ0) is 12.8. The highest BCUT2D eigenvalue weighted by molar-refractivity contribution is 5.65. The smallest absolute Gasteiger partial charge is 0.148 e. The Balaban J connectivity index is 2.18. The largest absolute Gasteiger partial charge is 0.394 e. The molecule has 0 amide bonds. The molecule has 0 saturated heterocycles. The van der Waals surface area contributed by atoms with Crippen LogP contribution in [0, 0.1) is 5.41 Å². The number of aliphatic hydroxyl groups excluding tert-OH is 1. The summed E-state index contributed by atoms with van der Waals surface area (Å²) in [5.74, 6) is 0.867. The minimum absolute atomic E-state index is 0.108. The van der Waals surface area contributed by atoms with Gasteiger partial charge in [0.1, 0.15) is 5.82 Å². The first-order chi connectivity index (χ1) is 7.87. The van der Waals surface area contributed by atoms with Crippen LogP contribution in [-0.2, 0) is 13.5 Å². The van der Waals surface area contributed by atoms with Crippen LogP contribution in [-0.4, -0.2) is 27.0 Å². The van der Waals surface area contributed by atoms with Gasteiger partial charge < -0.3 is 16.2 Å². The molecule has 5 nitrogen and oxygen atoms in total. The van der Waals surface area contributed by atoms with E-state index in [0.29, 0.717) is 0 Å². The maximum absolute atomic E-state index is 9.72. The molecule has 1 saturated carbocycles. The van der Waals surface area contributed by atoms with Gasteiger partial charge in [0.05, 0.1) is 17.5 Å². The first-order valence-electron chi connectivity index (χ1n) is 6.13. The summed E-state index contributed by atoms with van der Waals surface area (Å²) >= 11 is 0. The van der Waals surface area contributed by atoms with Crippen molar-refractivity contribution in [3.63, 3.8) is 0 Å². The van der Waals surface area contributed by atoms with Gasteiger partial charge in [-0.3, -0.25) is 4.68 Å². The molecule has 1 aliphatic rings. The van der Waals surface area contributed by atoms with Crippen LogP contribution in [0.5, 0.6) is 0 Å². The van der Waals surface area contributed by atoms with Crippen molar-refractivity contribution in [1.29, 1.82) is 0 Å². The zero-order valence-corrected chi connectivity index (χ0v) is 11.0. The van der Waals surface area contributed by atoms with Crippen molar-refractivity contribution >= 4 is 11.5 Å². The van der Waals surface area contributed by atoms with Crippen molar-refractivity contribution in [2.75, 3.05) is 11.1 Å². The number of hydrogen-bond donors (Lipinski definition) is 3. The molecule has 1 aromatic heterocycles. The lowest BCUT2D eigenvalue weighted by atomic mass is 9.64. The van der Waals surface area contributed by atoms with Crippen LogP contribution in [0.4, 0.5) is 11.5 Å². The number of aryl methyl sites for hydroxylation is 2. The van der Waals surface area contributed by atoms with E-state index in [1.165, 1.54) is 0 Å². The summed E-state index contributed by atoms with van der Waals surface area (Å²) in [5.41, 5.74) is 7.60. The molecule has 1 aromatic rings. The molecule has 2 unspecified atom stereocenters. The third-order valence-electron chi connectivity index (χ3n) is 4.02. The molecule has 5 heteroatoms. The summed E-state index contributed by atoms with van der Waals surface area (Å²) in [6.07, 6.45) is 1.36. The van der Waals surface area contributed by atoms with Crippen LogP contribution < -0.4 is 11.1 Å². The Kier molecular flexibility index (Phi) is 2.81. The molecule has 0 aliphatic heterocycles. The lowest BCUT2D eigenvalue weighted by molar-refractivity contribution is -0.0512. The normalized spacial score (nSPS) is 26.6. The molecule has 2 rings (SSSR count). The van der Waals surface area contributed by atoms with Crippen molar-refractivity contribution in [3.05, 3.63) is 5.69 Å². The van der Waals surface area contributed by atoms with Crippen molar-refractivity contribution in [1.82, 2.24) is 9.78 Å². The number of nitrogens with zero attached hydrogens (tertiary/aromatic N) is 2. The Morgan fingerprint density at radius 2 is 2.24 bits per heavy atom. The minimum Gasteiger partial charge on any atom is -0.394 e. The fourth-order valence-corrected chi connectivity index (χ4v) is 2.34. The van der Waals surface area contributed by atoms with Gasteiger partial charge in [0.15, 0.2) is 0 Å². The fourth-order valence-electron chi connectivity index (χ4n) is 2.34. The molecule has 1 fully saturated rings. The third kappa shape index (κ3) is 1.78. The highest BCUT2D eigenvalue weighted by atomic mass is 16.3. The number of nitrogen functional groups attached to an aromatic ring is 1. The van der Waals surface area contributed by atoms with E-state index in [1.807, 2.05) is 14.0 Å². The molecular weight excluding hydrogens is 216 g/mol. The molecule has 96 valence electrons. The molecule has 0 bridgehead atoms. The molecule has 4 N–H and O–H groups in total. The van der Waals surface area contributed by atoms with Gasteiger partial charge in [0.25, 0.3) is 0 Å². The molecular formula is C12H22N4O. The summed E-state index contributed by atoms with van der Waals surface area (Å²) in [5, 5.41) is 17.5. The van der Waals surface area contributed by atoms with Crippen LogP contribution in [0.1, 0.15) is 32.9 Å². The van der Waals surface area contributed by atoms with Gasteiger partial charge in [-0.25, -0.2) is 0 Å². The number of anilines is 2. The Bertz CT molecular complexity index is 424. The van der Waals surface area contributed by atoms with Crippen molar-refractivity contribution in [2.24, 2.45) is 12.5 Å². The molecule has 0 spiro atoms. The van der Waals surface area contributed by atoms with E-state index in [1.54, 1.807) is 4.68 Å².